The summed E-state index contributed by atoms with van der Waals surface area (Å²) in [6.45, 7) is 4.66. The molecule has 0 bridgehead atoms. The largest absolute Gasteiger partial charge is 0.0744 e. The summed E-state index contributed by atoms with van der Waals surface area (Å²) in [6, 6.07) is 0. The summed E-state index contributed by atoms with van der Waals surface area (Å²) in [5.41, 5.74) is 3.37. The van der Waals surface area contributed by atoms with E-state index in [0.29, 0.717) is 0 Å². The molecule has 1 saturated carbocycles. The topological polar surface area (TPSA) is 0 Å². The maximum absolute atomic E-state index is 2.34. The predicted octanol–water partition coefficient (Wildman–Crippen LogP) is 4.31. The van der Waals surface area contributed by atoms with Gasteiger partial charge >= 0.3 is 0 Å². The third-order valence-corrected chi connectivity index (χ3v) is 4.25. The second-order valence-electron chi connectivity index (χ2n) is 5.11. The van der Waals surface area contributed by atoms with Crippen molar-refractivity contribution in [3.8, 4) is 0 Å². The van der Waals surface area contributed by atoms with Crippen LogP contribution in [0.5, 0.6) is 0 Å². The van der Waals surface area contributed by atoms with Crippen LogP contribution >= 0.6 is 0 Å². The molecule has 74 valence electrons. The first-order chi connectivity index (χ1) is 6.27. The lowest BCUT2D eigenvalue weighted by Crippen LogP contribution is -2.16. The van der Waals surface area contributed by atoms with Gasteiger partial charge in [-0.15, -0.1) is 0 Å². The Bertz CT molecular complexity index is 206. The fraction of sp³-hybridized carbons (Fsp3) is 0.846. The molecule has 2 aliphatic rings. The van der Waals surface area contributed by atoms with Crippen LogP contribution in [0.2, 0.25) is 0 Å². The molecule has 0 heterocycles. The van der Waals surface area contributed by atoms with Gasteiger partial charge in [-0.1, -0.05) is 36.8 Å². The Morgan fingerprint density at radius 3 is 2.15 bits per heavy atom. The van der Waals surface area contributed by atoms with Crippen LogP contribution in [0.15, 0.2) is 11.1 Å². The third kappa shape index (κ3) is 1.98. The van der Waals surface area contributed by atoms with Crippen molar-refractivity contribution in [2.24, 2.45) is 11.8 Å². The number of allylic oxidation sites excluding steroid dienone is 2. The number of hydrogen-bond donors (Lipinski definition) is 0. The van der Waals surface area contributed by atoms with Crippen LogP contribution in [0.25, 0.3) is 0 Å². The molecule has 0 aromatic carbocycles. The van der Waals surface area contributed by atoms with Crippen molar-refractivity contribution in [2.75, 3.05) is 0 Å². The lowest BCUT2D eigenvalue weighted by molar-refractivity contribution is 0.303. The molecule has 13 heavy (non-hydrogen) atoms. The van der Waals surface area contributed by atoms with E-state index in [0.717, 1.165) is 11.8 Å². The standard InChI is InChI=1S/C13H22/c1-10-7-8-13(9-11(10)2)12-5-3-4-6-12/h12-13H,3-9H2,1-2H3. The second kappa shape index (κ2) is 3.86. The van der Waals surface area contributed by atoms with Gasteiger partial charge in [-0.05, 0) is 44.9 Å². The maximum Gasteiger partial charge on any atom is -0.0289 e. The van der Waals surface area contributed by atoms with E-state index in [4.69, 9.17) is 0 Å². The van der Waals surface area contributed by atoms with Crippen molar-refractivity contribution in [2.45, 2.75) is 58.8 Å². The maximum atomic E-state index is 2.34. The highest BCUT2D eigenvalue weighted by Crippen LogP contribution is 2.40. The van der Waals surface area contributed by atoms with Crippen LogP contribution in [0.4, 0.5) is 0 Å². The summed E-state index contributed by atoms with van der Waals surface area (Å²) >= 11 is 0. The van der Waals surface area contributed by atoms with Crippen LogP contribution in [-0.2, 0) is 0 Å². The molecule has 0 aromatic rings. The molecular weight excluding hydrogens is 156 g/mol. The average Bonchev–Trinajstić information content (AvgIpc) is 2.62. The minimum absolute atomic E-state index is 1.05. The van der Waals surface area contributed by atoms with E-state index in [1.54, 1.807) is 11.1 Å². The first kappa shape index (κ1) is 9.30. The molecule has 0 radical (unpaired) electrons. The lowest BCUT2D eigenvalue weighted by Gasteiger charge is -2.29. The van der Waals surface area contributed by atoms with Crippen LogP contribution in [0, 0.1) is 11.8 Å². The van der Waals surface area contributed by atoms with Crippen molar-refractivity contribution in [1.82, 2.24) is 0 Å². The van der Waals surface area contributed by atoms with Gasteiger partial charge in [0, 0.05) is 0 Å². The van der Waals surface area contributed by atoms with Crippen LogP contribution < -0.4 is 0 Å². The summed E-state index contributed by atoms with van der Waals surface area (Å²) in [5, 5.41) is 0. The van der Waals surface area contributed by atoms with Crippen molar-refractivity contribution in [3.63, 3.8) is 0 Å². The number of rotatable bonds is 1. The van der Waals surface area contributed by atoms with Gasteiger partial charge in [-0.3, -0.25) is 0 Å². The van der Waals surface area contributed by atoms with Crippen LogP contribution in [0.3, 0.4) is 0 Å². The summed E-state index contributed by atoms with van der Waals surface area (Å²) in [6.07, 6.45) is 10.3. The molecule has 0 saturated heterocycles. The summed E-state index contributed by atoms with van der Waals surface area (Å²) in [4.78, 5) is 0. The number of hydrogen-bond acceptors (Lipinski definition) is 0. The molecule has 1 atom stereocenters. The molecule has 1 unspecified atom stereocenters. The van der Waals surface area contributed by atoms with E-state index in [-0.39, 0.29) is 0 Å². The van der Waals surface area contributed by atoms with Gasteiger partial charge in [-0.2, -0.15) is 0 Å². The van der Waals surface area contributed by atoms with Gasteiger partial charge in [-0.25, -0.2) is 0 Å². The molecule has 2 aliphatic carbocycles. The fourth-order valence-electron chi connectivity index (χ4n) is 3.12. The SMILES string of the molecule is CC1=C(C)CC(C2CCCC2)CC1. The summed E-state index contributed by atoms with van der Waals surface area (Å²) in [5.74, 6) is 2.13. The minimum atomic E-state index is 1.05. The van der Waals surface area contributed by atoms with E-state index < -0.39 is 0 Å². The molecule has 0 nitrogen and oxygen atoms in total. The Balaban J connectivity index is 1.96. The molecule has 0 aliphatic heterocycles. The summed E-state index contributed by atoms with van der Waals surface area (Å²) in [7, 11) is 0. The van der Waals surface area contributed by atoms with Gasteiger partial charge in [0.25, 0.3) is 0 Å². The third-order valence-electron chi connectivity index (χ3n) is 4.25. The van der Waals surface area contributed by atoms with Gasteiger partial charge in [0.1, 0.15) is 0 Å². The molecule has 0 N–H and O–H groups in total. The zero-order valence-electron chi connectivity index (χ0n) is 9.10. The Hall–Kier alpha value is -0.260. The highest BCUT2D eigenvalue weighted by Gasteiger charge is 2.27. The molecule has 0 aromatic heterocycles. The van der Waals surface area contributed by atoms with E-state index in [1.807, 2.05) is 0 Å². The van der Waals surface area contributed by atoms with Crippen LogP contribution in [0.1, 0.15) is 58.8 Å². The summed E-state index contributed by atoms with van der Waals surface area (Å²) < 4.78 is 0. The van der Waals surface area contributed by atoms with Crippen molar-refractivity contribution in [1.29, 1.82) is 0 Å². The Morgan fingerprint density at radius 1 is 0.846 bits per heavy atom. The zero-order chi connectivity index (χ0) is 9.26. The van der Waals surface area contributed by atoms with E-state index in [1.165, 1.54) is 44.9 Å². The monoisotopic (exact) mass is 178 g/mol. The van der Waals surface area contributed by atoms with Gasteiger partial charge in [0.05, 0.1) is 0 Å². The van der Waals surface area contributed by atoms with Gasteiger partial charge in [0.2, 0.25) is 0 Å². The Kier molecular flexibility index (Phi) is 2.76. The molecule has 2 rings (SSSR count). The quantitative estimate of drug-likeness (QED) is 0.525. The first-order valence-corrected chi connectivity index (χ1v) is 5.92. The highest BCUT2D eigenvalue weighted by molar-refractivity contribution is 5.14. The fourth-order valence-corrected chi connectivity index (χ4v) is 3.12. The molecule has 0 heteroatoms. The molecule has 0 spiro atoms. The molecular formula is C13H22. The second-order valence-corrected chi connectivity index (χ2v) is 5.11. The predicted molar refractivity (Wildman–Crippen MR) is 57.7 cm³/mol. The normalized spacial score (nSPS) is 31.4. The van der Waals surface area contributed by atoms with Crippen molar-refractivity contribution in [3.05, 3.63) is 11.1 Å². The highest BCUT2D eigenvalue weighted by atomic mass is 14.3. The van der Waals surface area contributed by atoms with Crippen molar-refractivity contribution >= 4 is 0 Å². The van der Waals surface area contributed by atoms with E-state index in [9.17, 15) is 0 Å². The van der Waals surface area contributed by atoms with Crippen LogP contribution in [-0.4, -0.2) is 0 Å². The molecule has 0 amide bonds. The molecule has 1 fully saturated rings. The Labute approximate surface area is 82.4 Å². The lowest BCUT2D eigenvalue weighted by atomic mass is 9.77. The van der Waals surface area contributed by atoms with E-state index in [2.05, 4.69) is 13.8 Å². The Morgan fingerprint density at radius 2 is 1.54 bits per heavy atom. The smallest absolute Gasteiger partial charge is 0.0289 e. The zero-order valence-corrected chi connectivity index (χ0v) is 9.10. The van der Waals surface area contributed by atoms with Gasteiger partial charge in [0.15, 0.2) is 0 Å². The van der Waals surface area contributed by atoms with E-state index >= 15 is 0 Å². The first-order valence-electron chi connectivity index (χ1n) is 5.92. The minimum Gasteiger partial charge on any atom is -0.0744 e. The van der Waals surface area contributed by atoms with Gasteiger partial charge < -0.3 is 0 Å². The average molecular weight is 178 g/mol. The van der Waals surface area contributed by atoms with Crippen molar-refractivity contribution < 1.29 is 0 Å².